The van der Waals surface area contributed by atoms with Crippen LogP contribution in [0.3, 0.4) is 0 Å². The molecule has 0 atom stereocenters. The average molecular weight is 517 g/mol. The zero-order chi connectivity index (χ0) is 23.4. The Balaban J connectivity index is 0.00000324. The summed E-state index contributed by atoms with van der Waals surface area (Å²) in [5.41, 5.74) is 7.74. The topological polar surface area (TPSA) is 91.4 Å². The van der Waals surface area contributed by atoms with Gasteiger partial charge in [0.05, 0.1) is 28.1 Å². The number of nitrogens with zero attached hydrogens (tertiary/aromatic N) is 1. The molecule has 0 radical (unpaired) electrons. The van der Waals surface area contributed by atoms with Crippen molar-refractivity contribution < 1.29 is 17.9 Å². The molecule has 0 fully saturated rings. The molecule has 0 amide bonds. The number of fused-ring (bicyclic) bond motifs is 1. The van der Waals surface area contributed by atoms with Crippen LogP contribution >= 0.6 is 24.2 Å². The third-order valence-corrected chi connectivity index (χ3v) is 8.42. The Morgan fingerprint density at radius 2 is 1.62 bits per heavy atom. The van der Waals surface area contributed by atoms with Gasteiger partial charge in [-0.3, -0.25) is 0 Å². The third kappa shape index (κ3) is 4.86. The molecule has 34 heavy (non-hydrogen) atoms. The largest absolute Gasteiger partial charge is 0.465 e. The van der Waals surface area contributed by atoms with Gasteiger partial charge in [-0.1, -0.05) is 54.6 Å². The zero-order valence-corrected chi connectivity index (χ0v) is 21.0. The van der Waals surface area contributed by atoms with Crippen molar-refractivity contribution in [1.29, 1.82) is 0 Å². The smallest absolute Gasteiger partial charge is 0.338 e. The van der Waals surface area contributed by atoms with Crippen molar-refractivity contribution in [3.8, 4) is 0 Å². The highest BCUT2D eigenvalue weighted by Crippen LogP contribution is 2.40. The molecule has 2 N–H and O–H groups in total. The number of carbonyl (C=O) groups is 1. The molecule has 6 nitrogen and oxygen atoms in total. The number of sulfone groups is 1. The second-order valence-electron chi connectivity index (χ2n) is 7.34. The Labute approximate surface area is 209 Å². The first-order valence-corrected chi connectivity index (χ1v) is 12.9. The van der Waals surface area contributed by atoms with E-state index in [0.29, 0.717) is 34.8 Å². The van der Waals surface area contributed by atoms with Crippen molar-refractivity contribution in [2.45, 2.75) is 21.4 Å². The average Bonchev–Trinajstić information content (AvgIpc) is 3.17. The summed E-state index contributed by atoms with van der Waals surface area (Å²) in [5.74, 6) is 0.113. The number of benzene rings is 3. The number of esters is 1. The monoisotopic (exact) mass is 516 g/mol. The number of para-hydroxylation sites is 1. The Morgan fingerprint density at radius 3 is 2.32 bits per heavy atom. The lowest BCUT2D eigenvalue weighted by Gasteiger charge is -2.14. The molecule has 4 aromatic rings. The molecule has 0 unspecified atom stereocenters. The van der Waals surface area contributed by atoms with E-state index in [1.807, 2.05) is 41.0 Å². The Hall–Kier alpha value is -2.78. The molecular formula is C25H25ClN2O4S2. The number of thioether (sulfide) groups is 1. The SMILES string of the molecule is COC(=O)c1ccccc1Cn1c(SCCN)c(S(=O)(=O)c2ccccc2)c2ccccc21.Cl. The van der Waals surface area contributed by atoms with Gasteiger partial charge < -0.3 is 15.0 Å². The van der Waals surface area contributed by atoms with E-state index in [1.54, 1.807) is 42.5 Å². The summed E-state index contributed by atoms with van der Waals surface area (Å²) >= 11 is 1.40. The number of carbonyl (C=O) groups excluding carboxylic acids is 1. The molecule has 0 saturated heterocycles. The predicted molar refractivity (Wildman–Crippen MR) is 138 cm³/mol. The van der Waals surface area contributed by atoms with Crippen LogP contribution in [0.5, 0.6) is 0 Å². The van der Waals surface area contributed by atoms with Crippen LogP contribution in [-0.4, -0.2) is 38.4 Å². The fourth-order valence-electron chi connectivity index (χ4n) is 3.82. The lowest BCUT2D eigenvalue weighted by Crippen LogP contribution is -2.11. The Morgan fingerprint density at radius 1 is 0.971 bits per heavy atom. The summed E-state index contributed by atoms with van der Waals surface area (Å²) in [7, 11) is -2.46. The fourth-order valence-corrected chi connectivity index (χ4v) is 6.75. The van der Waals surface area contributed by atoms with Gasteiger partial charge in [-0.25, -0.2) is 13.2 Å². The van der Waals surface area contributed by atoms with E-state index < -0.39 is 15.8 Å². The van der Waals surface area contributed by atoms with Gasteiger partial charge in [-0.05, 0) is 29.8 Å². The van der Waals surface area contributed by atoms with Gasteiger partial charge in [-0.15, -0.1) is 24.2 Å². The lowest BCUT2D eigenvalue weighted by atomic mass is 10.1. The normalized spacial score (nSPS) is 11.2. The van der Waals surface area contributed by atoms with Gasteiger partial charge in [0.15, 0.2) is 0 Å². The molecule has 4 rings (SSSR count). The standard InChI is InChI=1S/C25H24N2O4S2.ClH/c1-31-25(28)20-12-6-5-9-18(20)17-27-22-14-8-7-13-21(22)23(24(27)32-16-15-26)33(29,30)19-10-3-2-4-11-19;/h2-14H,15-17,26H2,1H3;1H. The van der Waals surface area contributed by atoms with Gasteiger partial charge in [0, 0.05) is 24.2 Å². The highest BCUT2D eigenvalue weighted by Gasteiger charge is 2.29. The number of halogens is 1. The van der Waals surface area contributed by atoms with Gasteiger partial charge in [0.2, 0.25) is 9.84 Å². The maximum atomic E-state index is 13.8. The van der Waals surface area contributed by atoms with Crippen LogP contribution in [0, 0.1) is 0 Å². The zero-order valence-electron chi connectivity index (χ0n) is 18.5. The summed E-state index contributed by atoms with van der Waals surface area (Å²) in [6.07, 6.45) is 0. The molecule has 3 aromatic carbocycles. The van der Waals surface area contributed by atoms with E-state index >= 15 is 0 Å². The highest BCUT2D eigenvalue weighted by molar-refractivity contribution is 8.00. The Kier molecular flexibility index (Phi) is 8.43. The quantitative estimate of drug-likeness (QED) is 0.267. The second-order valence-corrected chi connectivity index (χ2v) is 10.3. The molecule has 0 saturated carbocycles. The minimum Gasteiger partial charge on any atom is -0.465 e. The first-order chi connectivity index (χ1) is 16.0. The number of hydrogen-bond acceptors (Lipinski definition) is 6. The molecule has 0 aliphatic heterocycles. The van der Waals surface area contributed by atoms with Crippen molar-refractivity contribution in [2.24, 2.45) is 5.73 Å². The molecule has 1 aromatic heterocycles. The van der Waals surface area contributed by atoms with Crippen molar-refractivity contribution in [1.82, 2.24) is 4.57 Å². The summed E-state index contributed by atoms with van der Waals surface area (Å²) in [6.45, 7) is 0.707. The minimum absolute atomic E-state index is 0. The van der Waals surface area contributed by atoms with Crippen LogP contribution in [-0.2, 0) is 21.1 Å². The first kappa shape index (κ1) is 25.8. The number of ether oxygens (including phenoxy) is 1. The van der Waals surface area contributed by atoms with Gasteiger partial charge in [0.1, 0.15) is 4.90 Å². The van der Waals surface area contributed by atoms with E-state index in [1.165, 1.54) is 18.9 Å². The second kappa shape index (κ2) is 11.1. The maximum absolute atomic E-state index is 13.8. The lowest BCUT2D eigenvalue weighted by molar-refractivity contribution is 0.0599. The fraction of sp³-hybridized carbons (Fsp3) is 0.160. The molecule has 9 heteroatoms. The summed E-state index contributed by atoms with van der Waals surface area (Å²) in [6, 6.07) is 23.0. The van der Waals surface area contributed by atoms with Crippen LogP contribution in [0.2, 0.25) is 0 Å². The third-order valence-electron chi connectivity index (χ3n) is 5.31. The van der Waals surface area contributed by atoms with Gasteiger partial charge in [-0.2, -0.15) is 0 Å². The van der Waals surface area contributed by atoms with Gasteiger partial charge in [0.25, 0.3) is 0 Å². The summed E-state index contributed by atoms with van der Waals surface area (Å²) in [5, 5.41) is 1.24. The molecular weight excluding hydrogens is 492 g/mol. The van der Waals surface area contributed by atoms with Crippen LogP contribution in [0.1, 0.15) is 15.9 Å². The molecule has 0 aliphatic rings. The van der Waals surface area contributed by atoms with E-state index in [4.69, 9.17) is 10.5 Å². The number of methoxy groups -OCH3 is 1. The first-order valence-electron chi connectivity index (χ1n) is 10.4. The summed E-state index contributed by atoms with van der Waals surface area (Å²) in [4.78, 5) is 12.8. The molecule has 1 heterocycles. The minimum atomic E-state index is -3.80. The molecule has 0 spiro atoms. The highest BCUT2D eigenvalue weighted by atomic mass is 35.5. The van der Waals surface area contributed by atoms with Crippen LogP contribution in [0.25, 0.3) is 10.9 Å². The van der Waals surface area contributed by atoms with Crippen molar-refractivity contribution in [3.05, 3.63) is 90.0 Å². The molecule has 0 aliphatic carbocycles. The van der Waals surface area contributed by atoms with Crippen LogP contribution < -0.4 is 5.73 Å². The number of nitrogens with two attached hydrogens (primary N) is 1. The summed E-state index contributed by atoms with van der Waals surface area (Å²) < 4.78 is 34.5. The van der Waals surface area contributed by atoms with Crippen molar-refractivity contribution in [3.63, 3.8) is 0 Å². The number of aromatic nitrogens is 1. The number of hydrogen-bond donors (Lipinski definition) is 1. The number of rotatable bonds is 8. The van der Waals surface area contributed by atoms with Crippen LogP contribution in [0.15, 0.2) is 93.7 Å². The molecule has 0 bridgehead atoms. The van der Waals surface area contributed by atoms with E-state index in [-0.39, 0.29) is 22.2 Å². The van der Waals surface area contributed by atoms with E-state index in [2.05, 4.69) is 0 Å². The predicted octanol–water partition coefficient (Wildman–Crippen LogP) is 4.78. The van der Waals surface area contributed by atoms with Crippen molar-refractivity contribution >= 4 is 50.9 Å². The van der Waals surface area contributed by atoms with Crippen LogP contribution in [0.4, 0.5) is 0 Å². The van der Waals surface area contributed by atoms with Crippen molar-refractivity contribution in [2.75, 3.05) is 19.4 Å². The van der Waals surface area contributed by atoms with Gasteiger partial charge >= 0.3 is 5.97 Å². The van der Waals surface area contributed by atoms with E-state index in [0.717, 1.165) is 11.1 Å². The maximum Gasteiger partial charge on any atom is 0.338 e. The Bertz CT molecular complexity index is 1400. The van der Waals surface area contributed by atoms with E-state index in [9.17, 15) is 13.2 Å². The molecule has 178 valence electrons.